The molecule has 106 valence electrons. The van der Waals surface area contributed by atoms with Crippen LogP contribution in [0.3, 0.4) is 0 Å². The van der Waals surface area contributed by atoms with Crippen molar-refractivity contribution in [2.24, 2.45) is 5.92 Å². The van der Waals surface area contributed by atoms with Crippen LogP contribution in [0, 0.1) is 19.8 Å². The highest BCUT2D eigenvalue weighted by Gasteiger charge is 2.26. The second-order valence-electron chi connectivity index (χ2n) is 5.47. The Kier molecular flexibility index (Phi) is 5.26. The van der Waals surface area contributed by atoms with Gasteiger partial charge >= 0.3 is 0 Å². The van der Waals surface area contributed by atoms with Crippen molar-refractivity contribution < 1.29 is 4.74 Å². The highest BCUT2D eigenvalue weighted by Crippen LogP contribution is 2.34. The van der Waals surface area contributed by atoms with Crippen LogP contribution >= 0.6 is 11.6 Å². The second kappa shape index (κ2) is 6.74. The van der Waals surface area contributed by atoms with Gasteiger partial charge in [0, 0.05) is 23.6 Å². The zero-order valence-corrected chi connectivity index (χ0v) is 12.9. The van der Waals surface area contributed by atoms with Crippen LogP contribution in [0.15, 0.2) is 12.1 Å². The van der Waals surface area contributed by atoms with Gasteiger partial charge in [0.15, 0.2) is 0 Å². The minimum atomic E-state index is 0.303. The zero-order chi connectivity index (χ0) is 13.8. The van der Waals surface area contributed by atoms with Crippen molar-refractivity contribution in [2.75, 3.05) is 19.8 Å². The lowest BCUT2D eigenvalue weighted by Gasteiger charge is -2.32. The van der Waals surface area contributed by atoms with E-state index in [2.05, 4.69) is 38.2 Å². The summed E-state index contributed by atoms with van der Waals surface area (Å²) in [4.78, 5) is 0. The van der Waals surface area contributed by atoms with Crippen molar-refractivity contribution >= 4 is 11.6 Å². The van der Waals surface area contributed by atoms with Crippen molar-refractivity contribution in [3.05, 3.63) is 33.8 Å². The molecule has 2 unspecified atom stereocenters. The smallest absolute Gasteiger partial charge is 0.0512 e. The Hall–Kier alpha value is -0.570. The van der Waals surface area contributed by atoms with E-state index >= 15 is 0 Å². The van der Waals surface area contributed by atoms with Crippen LogP contribution < -0.4 is 5.32 Å². The van der Waals surface area contributed by atoms with E-state index in [0.29, 0.717) is 12.0 Å². The Morgan fingerprint density at radius 2 is 2.11 bits per heavy atom. The Labute approximate surface area is 121 Å². The highest BCUT2D eigenvalue weighted by atomic mass is 35.5. The predicted molar refractivity (Wildman–Crippen MR) is 80.9 cm³/mol. The molecular formula is C16H24ClNO. The monoisotopic (exact) mass is 281 g/mol. The van der Waals surface area contributed by atoms with E-state index in [1.807, 2.05) is 0 Å². The molecule has 0 aromatic heterocycles. The van der Waals surface area contributed by atoms with E-state index in [0.717, 1.165) is 31.2 Å². The molecule has 1 aliphatic rings. The molecule has 0 amide bonds. The van der Waals surface area contributed by atoms with Gasteiger partial charge in [0.1, 0.15) is 0 Å². The first-order chi connectivity index (χ1) is 9.13. The molecule has 2 nitrogen and oxygen atoms in total. The summed E-state index contributed by atoms with van der Waals surface area (Å²) in [7, 11) is 0. The number of halogens is 1. The van der Waals surface area contributed by atoms with Crippen LogP contribution in [0.1, 0.15) is 42.5 Å². The van der Waals surface area contributed by atoms with Crippen molar-refractivity contribution in [1.82, 2.24) is 5.32 Å². The van der Waals surface area contributed by atoms with Crippen LogP contribution in [0.25, 0.3) is 0 Å². The Balaban J connectivity index is 2.29. The van der Waals surface area contributed by atoms with Gasteiger partial charge < -0.3 is 10.1 Å². The SMILES string of the molecule is CCNC(c1cc(C)c(C)cc1Cl)C1CCCOC1. The quantitative estimate of drug-likeness (QED) is 0.899. The molecule has 0 spiro atoms. The summed E-state index contributed by atoms with van der Waals surface area (Å²) in [5.74, 6) is 0.522. The second-order valence-corrected chi connectivity index (χ2v) is 5.88. The lowest BCUT2D eigenvalue weighted by Crippen LogP contribution is -2.33. The Morgan fingerprint density at radius 3 is 2.74 bits per heavy atom. The molecule has 1 aliphatic heterocycles. The number of ether oxygens (including phenoxy) is 1. The molecule has 3 heteroatoms. The first-order valence-electron chi connectivity index (χ1n) is 7.21. The van der Waals surface area contributed by atoms with E-state index < -0.39 is 0 Å². The molecule has 1 aromatic carbocycles. The minimum Gasteiger partial charge on any atom is -0.381 e. The summed E-state index contributed by atoms with van der Waals surface area (Å²) in [5, 5.41) is 4.47. The summed E-state index contributed by atoms with van der Waals surface area (Å²) >= 11 is 6.47. The normalized spacial score (nSPS) is 21.4. The molecule has 19 heavy (non-hydrogen) atoms. The number of hydrogen-bond acceptors (Lipinski definition) is 2. The molecule has 2 atom stereocenters. The van der Waals surface area contributed by atoms with Crippen molar-refractivity contribution in [2.45, 2.75) is 39.7 Å². The van der Waals surface area contributed by atoms with E-state index in [-0.39, 0.29) is 0 Å². The van der Waals surface area contributed by atoms with E-state index in [1.54, 1.807) is 0 Å². The van der Waals surface area contributed by atoms with Crippen molar-refractivity contribution in [3.8, 4) is 0 Å². The van der Waals surface area contributed by atoms with Crippen LogP contribution in [0.2, 0.25) is 5.02 Å². The molecule has 0 radical (unpaired) electrons. The number of benzene rings is 1. The molecule has 0 bridgehead atoms. The topological polar surface area (TPSA) is 21.3 Å². The average molecular weight is 282 g/mol. The van der Waals surface area contributed by atoms with Gasteiger partial charge in [0.2, 0.25) is 0 Å². The molecule has 1 N–H and O–H groups in total. The minimum absolute atomic E-state index is 0.303. The van der Waals surface area contributed by atoms with Crippen LogP contribution in [-0.2, 0) is 4.74 Å². The fourth-order valence-electron chi connectivity index (χ4n) is 2.82. The maximum atomic E-state index is 6.47. The number of rotatable bonds is 4. The van der Waals surface area contributed by atoms with E-state index in [9.17, 15) is 0 Å². The third kappa shape index (κ3) is 3.50. The molecule has 0 saturated carbocycles. The van der Waals surface area contributed by atoms with Crippen LogP contribution in [-0.4, -0.2) is 19.8 Å². The number of aryl methyl sites for hydroxylation is 2. The summed E-state index contributed by atoms with van der Waals surface area (Å²) in [5.41, 5.74) is 3.78. The Bertz CT molecular complexity index is 427. The lowest BCUT2D eigenvalue weighted by atomic mass is 9.87. The van der Waals surface area contributed by atoms with Gasteiger partial charge in [-0.05, 0) is 56.0 Å². The first-order valence-corrected chi connectivity index (χ1v) is 7.59. The predicted octanol–water partition coefficient (Wildman–Crippen LogP) is 4.03. The molecule has 1 fully saturated rings. The highest BCUT2D eigenvalue weighted by molar-refractivity contribution is 6.31. The fraction of sp³-hybridized carbons (Fsp3) is 0.625. The Morgan fingerprint density at radius 1 is 1.37 bits per heavy atom. The third-order valence-corrected chi connectivity index (χ3v) is 4.37. The molecule has 1 heterocycles. The number of hydrogen-bond donors (Lipinski definition) is 1. The van der Waals surface area contributed by atoms with Gasteiger partial charge in [-0.2, -0.15) is 0 Å². The molecule has 0 aliphatic carbocycles. The molecule has 2 rings (SSSR count). The molecular weight excluding hydrogens is 258 g/mol. The van der Waals surface area contributed by atoms with Gasteiger partial charge in [-0.25, -0.2) is 0 Å². The summed E-state index contributed by atoms with van der Waals surface area (Å²) in [6.07, 6.45) is 2.36. The van der Waals surface area contributed by atoms with Gasteiger partial charge in [-0.1, -0.05) is 24.6 Å². The average Bonchev–Trinajstić information content (AvgIpc) is 2.42. The van der Waals surface area contributed by atoms with Crippen LogP contribution in [0.5, 0.6) is 0 Å². The van der Waals surface area contributed by atoms with E-state index in [1.165, 1.54) is 23.1 Å². The summed E-state index contributed by atoms with van der Waals surface area (Å²) in [6, 6.07) is 4.62. The standard InChI is InChI=1S/C16H24ClNO/c1-4-18-16(13-6-5-7-19-10-13)14-8-11(2)12(3)9-15(14)17/h8-9,13,16,18H,4-7,10H2,1-3H3. The summed E-state index contributed by atoms with van der Waals surface area (Å²) < 4.78 is 5.64. The summed E-state index contributed by atoms with van der Waals surface area (Å²) in [6.45, 7) is 9.08. The largest absolute Gasteiger partial charge is 0.381 e. The van der Waals surface area contributed by atoms with Gasteiger partial charge in [0.05, 0.1) is 6.61 Å². The first kappa shape index (κ1) is 14.8. The molecule has 1 saturated heterocycles. The zero-order valence-electron chi connectivity index (χ0n) is 12.1. The third-order valence-electron chi connectivity index (χ3n) is 4.04. The van der Waals surface area contributed by atoms with Gasteiger partial charge in [-0.3, -0.25) is 0 Å². The van der Waals surface area contributed by atoms with E-state index in [4.69, 9.17) is 16.3 Å². The number of nitrogens with one attached hydrogen (secondary N) is 1. The maximum Gasteiger partial charge on any atom is 0.0512 e. The van der Waals surface area contributed by atoms with Crippen molar-refractivity contribution in [1.29, 1.82) is 0 Å². The maximum absolute atomic E-state index is 6.47. The molecule has 1 aromatic rings. The van der Waals surface area contributed by atoms with Crippen LogP contribution in [0.4, 0.5) is 0 Å². The lowest BCUT2D eigenvalue weighted by molar-refractivity contribution is 0.0393. The van der Waals surface area contributed by atoms with Gasteiger partial charge in [-0.15, -0.1) is 0 Å². The van der Waals surface area contributed by atoms with Gasteiger partial charge in [0.25, 0.3) is 0 Å². The van der Waals surface area contributed by atoms with Crippen molar-refractivity contribution in [3.63, 3.8) is 0 Å². The fourth-order valence-corrected chi connectivity index (χ4v) is 3.16.